The summed E-state index contributed by atoms with van der Waals surface area (Å²) in [6.07, 6.45) is 3.66. The Balaban J connectivity index is 1.70. The summed E-state index contributed by atoms with van der Waals surface area (Å²) in [4.78, 5) is 3.26. The summed E-state index contributed by atoms with van der Waals surface area (Å²) in [5, 5.41) is 12.5. The largest absolute Gasteiger partial charge is 0.376 e. The Morgan fingerprint density at radius 1 is 1.33 bits per heavy atom. The van der Waals surface area contributed by atoms with Gasteiger partial charge < -0.3 is 14.5 Å². The van der Waals surface area contributed by atoms with Crippen LogP contribution in [0.5, 0.6) is 0 Å². The fourth-order valence-corrected chi connectivity index (χ4v) is 3.57. The van der Waals surface area contributed by atoms with Gasteiger partial charge in [-0.05, 0) is 23.3 Å². The van der Waals surface area contributed by atoms with Crippen molar-refractivity contribution in [2.75, 3.05) is 39.8 Å². The molecule has 2 N–H and O–H groups in total. The molecule has 21 heavy (non-hydrogen) atoms. The van der Waals surface area contributed by atoms with Crippen LogP contribution in [0, 0.1) is 0 Å². The van der Waals surface area contributed by atoms with Gasteiger partial charge in [0.15, 0.2) is 0 Å². The van der Waals surface area contributed by atoms with Crippen molar-refractivity contribution in [2.24, 2.45) is 0 Å². The predicted octanol–water partition coefficient (Wildman–Crippen LogP) is -2.28. The molecule has 1 aromatic heterocycles. The molecule has 3 rings (SSSR count). The van der Waals surface area contributed by atoms with Gasteiger partial charge in [0.05, 0.1) is 19.7 Å². The SMILES string of the molecule is CC[C@@H](c1nnnn1C[C@H]1CCCO1)[NH+]1CC[NH+](C)CC1. The zero-order valence-corrected chi connectivity index (χ0v) is 13.2. The third-order valence-corrected chi connectivity index (χ3v) is 4.92. The molecule has 3 heterocycles. The Morgan fingerprint density at radius 2 is 2.14 bits per heavy atom. The molecule has 1 aromatic rings. The number of tetrazole rings is 1. The number of hydrogen-bond donors (Lipinski definition) is 2. The van der Waals surface area contributed by atoms with Crippen molar-refractivity contribution in [3.63, 3.8) is 0 Å². The number of ether oxygens (including phenoxy) is 1. The smallest absolute Gasteiger partial charge is 0.209 e. The molecule has 0 radical (unpaired) electrons. The van der Waals surface area contributed by atoms with Crippen LogP contribution >= 0.6 is 0 Å². The Bertz CT molecular complexity index is 436. The van der Waals surface area contributed by atoms with Gasteiger partial charge in [-0.1, -0.05) is 6.92 Å². The third kappa shape index (κ3) is 3.41. The van der Waals surface area contributed by atoms with Crippen molar-refractivity contribution in [1.82, 2.24) is 20.2 Å². The summed E-state index contributed by atoms with van der Waals surface area (Å²) in [5.41, 5.74) is 0. The summed E-state index contributed by atoms with van der Waals surface area (Å²) >= 11 is 0. The van der Waals surface area contributed by atoms with E-state index in [-0.39, 0.29) is 6.10 Å². The summed E-state index contributed by atoms with van der Waals surface area (Å²) in [6, 6.07) is 0.412. The van der Waals surface area contributed by atoms with E-state index in [9.17, 15) is 0 Å². The van der Waals surface area contributed by atoms with E-state index in [1.165, 1.54) is 26.2 Å². The number of nitrogens with zero attached hydrogens (tertiary/aromatic N) is 4. The Morgan fingerprint density at radius 3 is 2.81 bits per heavy atom. The molecule has 0 aromatic carbocycles. The number of rotatable bonds is 5. The average molecular weight is 296 g/mol. The Kier molecular flexibility index (Phi) is 4.82. The number of aromatic nitrogens is 4. The number of quaternary nitrogens is 2. The number of nitrogens with one attached hydrogen (secondary N) is 2. The zero-order valence-electron chi connectivity index (χ0n) is 13.2. The van der Waals surface area contributed by atoms with Gasteiger partial charge in [0, 0.05) is 13.0 Å². The van der Waals surface area contributed by atoms with Crippen LogP contribution in [-0.4, -0.2) is 66.1 Å². The van der Waals surface area contributed by atoms with Crippen molar-refractivity contribution in [3.05, 3.63) is 5.82 Å². The van der Waals surface area contributed by atoms with Crippen molar-refractivity contribution < 1.29 is 14.5 Å². The van der Waals surface area contributed by atoms with Crippen LogP contribution in [0.2, 0.25) is 0 Å². The molecule has 0 aliphatic carbocycles. The highest BCUT2D eigenvalue weighted by Gasteiger charge is 2.32. The van der Waals surface area contributed by atoms with Gasteiger partial charge in [0.25, 0.3) is 0 Å². The summed E-state index contributed by atoms with van der Waals surface area (Å²) in [7, 11) is 2.28. The summed E-state index contributed by atoms with van der Waals surface area (Å²) < 4.78 is 7.72. The highest BCUT2D eigenvalue weighted by Crippen LogP contribution is 2.16. The van der Waals surface area contributed by atoms with Gasteiger partial charge >= 0.3 is 0 Å². The van der Waals surface area contributed by atoms with Gasteiger partial charge in [-0.15, -0.1) is 5.10 Å². The van der Waals surface area contributed by atoms with E-state index < -0.39 is 0 Å². The van der Waals surface area contributed by atoms with Crippen LogP contribution < -0.4 is 9.80 Å². The molecular formula is C14H28N6O+2. The normalized spacial score (nSPS) is 31.4. The second kappa shape index (κ2) is 6.81. The van der Waals surface area contributed by atoms with Crippen LogP contribution in [0.1, 0.15) is 38.1 Å². The van der Waals surface area contributed by atoms with Crippen molar-refractivity contribution >= 4 is 0 Å². The second-order valence-corrected chi connectivity index (χ2v) is 6.43. The van der Waals surface area contributed by atoms with E-state index >= 15 is 0 Å². The molecule has 0 amide bonds. The fraction of sp³-hybridized carbons (Fsp3) is 0.929. The van der Waals surface area contributed by atoms with Crippen LogP contribution in [-0.2, 0) is 11.3 Å². The van der Waals surface area contributed by atoms with Crippen LogP contribution in [0.3, 0.4) is 0 Å². The van der Waals surface area contributed by atoms with E-state index in [0.717, 1.165) is 38.2 Å². The van der Waals surface area contributed by atoms with Crippen molar-refractivity contribution in [3.8, 4) is 0 Å². The average Bonchev–Trinajstić information content (AvgIpc) is 3.15. The summed E-state index contributed by atoms with van der Waals surface area (Å²) in [6.45, 7) is 8.81. The molecule has 0 unspecified atom stereocenters. The molecular weight excluding hydrogens is 268 g/mol. The molecule has 7 heteroatoms. The highest BCUT2D eigenvalue weighted by atomic mass is 16.5. The third-order valence-electron chi connectivity index (χ3n) is 4.92. The van der Waals surface area contributed by atoms with E-state index in [2.05, 4.69) is 29.5 Å². The predicted molar refractivity (Wildman–Crippen MR) is 77.1 cm³/mol. The highest BCUT2D eigenvalue weighted by molar-refractivity contribution is 4.88. The van der Waals surface area contributed by atoms with Gasteiger partial charge in [0.2, 0.25) is 5.82 Å². The van der Waals surface area contributed by atoms with Gasteiger partial charge in [-0.2, -0.15) is 0 Å². The minimum Gasteiger partial charge on any atom is -0.376 e. The lowest BCUT2D eigenvalue weighted by atomic mass is 10.1. The van der Waals surface area contributed by atoms with E-state index in [0.29, 0.717) is 6.04 Å². The molecule has 2 aliphatic rings. The first kappa shape index (κ1) is 14.9. The lowest BCUT2D eigenvalue weighted by molar-refractivity contribution is -1.02. The van der Waals surface area contributed by atoms with Crippen molar-refractivity contribution in [1.29, 1.82) is 0 Å². The molecule has 7 nitrogen and oxygen atoms in total. The minimum absolute atomic E-state index is 0.289. The van der Waals surface area contributed by atoms with Gasteiger partial charge in [-0.25, -0.2) is 4.68 Å². The quantitative estimate of drug-likeness (QED) is 0.642. The molecule has 2 atom stereocenters. The summed E-state index contributed by atoms with van der Waals surface area (Å²) in [5.74, 6) is 1.04. The number of hydrogen-bond acceptors (Lipinski definition) is 4. The van der Waals surface area contributed by atoms with Gasteiger partial charge in [0.1, 0.15) is 32.2 Å². The molecule has 0 saturated carbocycles. The first-order valence-electron chi connectivity index (χ1n) is 8.31. The molecule has 2 fully saturated rings. The maximum atomic E-state index is 5.73. The number of piperazine rings is 1. The van der Waals surface area contributed by atoms with E-state index in [4.69, 9.17) is 4.74 Å². The minimum atomic E-state index is 0.289. The fourth-order valence-electron chi connectivity index (χ4n) is 3.57. The van der Waals surface area contributed by atoms with Gasteiger partial charge in [-0.3, -0.25) is 0 Å². The Hall–Kier alpha value is -1.05. The molecule has 118 valence electrons. The van der Waals surface area contributed by atoms with E-state index in [1.807, 2.05) is 4.68 Å². The molecule has 0 bridgehead atoms. The first-order valence-corrected chi connectivity index (χ1v) is 8.31. The lowest BCUT2D eigenvalue weighted by Gasteiger charge is -2.32. The maximum Gasteiger partial charge on any atom is 0.209 e. The molecule has 2 saturated heterocycles. The topological polar surface area (TPSA) is 61.7 Å². The zero-order chi connectivity index (χ0) is 14.7. The molecule has 2 aliphatic heterocycles. The lowest BCUT2D eigenvalue weighted by Crippen LogP contribution is -3.27. The van der Waals surface area contributed by atoms with Crippen molar-refractivity contribution in [2.45, 2.75) is 44.9 Å². The standard InChI is InChI=1S/C14H26N6O/c1-3-13(19-8-6-18(2)7-9-19)14-15-16-17-20(14)11-12-5-4-10-21-12/h12-13H,3-11H2,1-2H3/p+2/t12-,13+/m1/s1. The molecule has 0 spiro atoms. The maximum absolute atomic E-state index is 5.73. The number of likely N-dealkylation sites (N-methyl/N-ethyl adjacent to an activating group) is 1. The monoisotopic (exact) mass is 296 g/mol. The Labute approximate surface area is 126 Å². The van der Waals surface area contributed by atoms with Crippen LogP contribution in [0.25, 0.3) is 0 Å². The van der Waals surface area contributed by atoms with E-state index in [1.54, 1.807) is 9.80 Å². The van der Waals surface area contributed by atoms with Crippen LogP contribution in [0.15, 0.2) is 0 Å². The second-order valence-electron chi connectivity index (χ2n) is 6.43. The first-order chi connectivity index (χ1) is 10.3. The van der Waals surface area contributed by atoms with Crippen LogP contribution in [0.4, 0.5) is 0 Å².